The van der Waals surface area contributed by atoms with Gasteiger partial charge in [0.05, 0.1) is 6.10 Å². The first-order valence-corrected chi connectivity index (χ1v) is 8.24. The maximum Gasteiger partial charge on any atom is 0.220 e. The van der Waals surface area contributed by atoms with Crippen molar-refractivity contribution in [3.05, 3.63) is 36.0 Å². The highest BCUT2D eigenvalue weighted by molar-refractivity contribution is 5.83. The maximum absolute atomic E-state index is 11.9. The van der Waals surface area contributed by atoms with Crippen LogP contribution in [0.3, 0.4) is 0 Å². The average Bonchev–Trinajstić information content (AvgIpc) is 3.12. The third-order valence-electron chi connectivity index (χ3n) is 4.71. The van der Waals surface area contributed by atoms with E-state index in [1.807, 2.05) is 18.3 Å². The number of carbonyl (C=O) groups excluding carboxylic acids is 1. The van der Waals surface area contributed by atoms with Crippen LogP contribution in [0.4, 0.5) is 0 Å². The Balaban J connectivity index is 1.42. The van der Waals surface area contributed by atoms with Crippen LogP contribution in [-0.2, 0) is 11.2 Å². The number of amides is 1. The van der Waals surface area contributed by atoms with Crippen LogP contribution in [0.15, 0.2) is 30.5 Å². The van der Waals surface area contributed by atoms with Gasteiger partial charge in [0.25, 0.3) is 0 Å². The van der Waals surface area contributed by atoms with Gasteiger partial charge in [-0.15, -0.1) is 0 Å². The summed E-state index contributed by atoms with van der Waals surface area (Å²) in [6.45, 7) is 0.618. The van der Waals surface area contributed by atoms with Crippen molar-refractivity contribution in [1.82, 2.24) is 10.3 Å². The van der Waals surface area contributed by atoms with Gasteiger partial charge < -0.3 is 15.4 Å². The van der Waals surface area contributed by atoms with Gasteiger partial charge in [0.1, 0.15) is 0 Å². The molecule has 22 heavy (non-hydrogen) atoms. The van der Waals surface area contributed by atoms with Gasteiger partial charge in [0, 0.05) is 36.0 Å². The lowest BCUT2D eigenvalue weighted by molar-refractivity contribution is -0.121. The highest BCUT2D eigenvalue weighted by Crippen LogP contribution is 2.24. The highest BCUT2D eigenvalue weighted by atomic mass is 16.3. The molecule has 1 aliphatic carbocycles. The van der Waals surface area contributed by atoms with Gasteiger partial charge in [-0.25, -0.2) is 0 Å². The molecule has 0 aliphatic heterocycles. The molecule has 0 spiro atoms. The standard InChI is InChI=1S/C18H24N2O2/c21-17-9-3-6-14(17)12-20-18(22)10-4-5-13-11-19-16-8-2-1-7-15(13)16/h1-2,7-8,11,14,17,19,21H,3-6,9-10,12H2,(H,20,22). The van der Waals surface area contributed by atoms with E-state index in [0.717, 1.165) is 37.6 Å². The zero-order valence-corrected chi connectivity index (χ0v) is 12.8. The third kappa shape index (κ3) is 3.50. The predicted octanol–water partition coefficient (Wildman–Crippen LogP) is 2.77. The smallest absolute Gasteiger partial charge is 0.220 e. The Morgan fingerprint density at radius 2 is 2.18 bits per heavy atom. The van der Waals surface area contributed by atoms with Crippen molar-refractivity contribution in [2.24, 2.45) is 5.92 Å². The van der Waals surface area contributed by atoms with Crippen LogP contribution in [0.1, 0.15) is 37.7 Å². The molecular weight excluding hydrogens is 276 g/mol. The van der Waals surface area contributed by atoms with Gasteiger partial charge in [-0.3, -0.25) is 4.79 Å². The van der Waals surface area contributed by atoms with Crippen molar-refractivity contribution in [2.75, 3.05) is 6.54 Å². The first-order chi connectivity index (χ1) is 10.7. The fourth-order valence-corrected chi connectivity index (χ4v) is 3.37. The second kappa shape index (κ2) is 6.97. The van der Waals surface area contributed by atoms with Crippen LogP contribution in [0.2, 0.25) is 0 Å². The van der Waals surface area contributed by atoms with E-state index in [2.05, 4.69) is 22.4 Å². The first kappa shape index (κ1) is 15.1. The molecule has 3 N–H and O–H groups in total. The van der Waals surface area contributed by atoms with Crippen LogP contribution >= 0.6 is 0 Å². The molecule has 3 rings (SSSR count). The Bertz CT molecular complexity index is 635. The number of fused-ring (bicyclic) bond motifs is 1. The SMILES string of the molecule is O=C(CCCc1c[nH]c2ccccc12)NCC1CCCC1O. The van der Waals surface area contributed by atoms with E-state index >= 15 is 0 Å². The number of hydrogen-bond acceptors (Lipinski definition) is 2. The summed E-state index contributed by atoms with van der Waals surface area (Å²) < 4.78 is 0. The number of aliphatic hydroxyl groups is 1. The second-order valence-corrected chi connectivity index (χ2v) is 6.28. The Morgan fingerprint density at radius 3 is 3.00 bits per heavy atom. The molecule has 4 nitrogen and oxygen atoms in total. The largest absolute Gasteiger partial charge is 0.393 e. The van der Waals surface area contributed by atoms with Crippen molar-refractivity contribution in [3.63, 3.8) is 0 Å². The molecule has 2 unspecified atom stereocenters. The molecule has 1 heterocycles. The van der Waals surface area contributed by atoms with Gasteiger partial charge in [-0.1, -0.05) is 24.6 Å². The van der Waals surface area contributed by atoms with Crippen molar-refractivity contribution in [3.8, 4) is 0 Å². The van der Waals surface area contributed by atoms with Crippen molar-refractivity contribution in [1.29, 1.82) is 0 Å². The molecule has 1 amide bonds. The number of nitrogens with one attached hydrogen (secondary N) is 2. The molecule has 118 valence electrons. The van der Waals surface area contributed by atoms with E-state index in [-0.39, 0.29) is 17.9 Å². The first-order valence-electron chi connectivity index (χ1n) is 8.24. The van der Waals surface area contributed by atoms with E-state index in [1.54, 1.807) is 0 Å². The lowest BCUT2D eigenvalue weighted by atomic mass is 10.1. The predicted molar refractivity (Wildman–Crippen MR) is 87.6 cm³/mol. The minimum absolute atomic E-state index is 0.0962. The molecule has 0 radical (unpaired) electrons. The van der Waals surface area contributed by atoms with E-state index in [0.29, 0.717) is 13.0 Å². The fraction of sp³-hybridized carbons (Fsp3) is 0.500. The number of aliphatic hydroxyl groups excluding tert-OH is 1. The minimum atomic E-state index is -0.230. The van der Waals surface area contributed by atoms with E-state index in [9.17, 15) is 9.90 Å². The summed E-state index contributed by atoms with van der Waals surface area (Å²) in [4.78, 5) is 15.2. The Morgan fingerprint density at radius 1 is 1.32 bits per heavy atom. The molecule has 2 atom stereocenters. The van der Waals surface area contributed by atoms with Crippen LogP contribution in [-0.4, -0.2) is 28.6 Å². The van der Waals surface area contributed by atoms with E-state index in [1.165, 1.54) is 10.9 Å². The van der Waals surface area contributed by atoms with Gasteiger partial charge in [0.2, 0.25) is 5.91 Å². The number of rotatable bonds is 6. The molecule has 2 aromatic rings. The third-order valence-corrected chi connectivity index (χ3v) is 4.71. The topological polar surface area (TPSA) is 65.1 Å². The van der Waals surface area contributed by atoms with Crippen LogP contribution in [0.25, 0.3) is 10.9 Å². The zero-order chi connectivity index (χ0) is 15.4. The van der Waals surface area contributed by atoms with Crippen molar-refractivity contribution in [2.45, 2.75) is 44.6 Å². The van der Waals surface area contributed by atoms with Crippen LogP contribution in [0, 0.1) is 5.92 Å². The average molecular weight is 300 g/mol. The number of aromatic nitrogens is 1. The van der Waals surface area contributed by atoms with Gasteiger partial charge >= 0.3 is 0 Å². The zero-order valence-electron chi connectivity index (χ0n) is 12.8. The summed E-state index contributed by atoms with van der Waals surface area (Å²) in [6, 6.07) is 8.24. The summed E-state index contributed by atoms with van der Waals surface area (Å²) >= 11 is 0. The summed E-state index contributed by atoms with van der Waals surface area (Å²) in [7, 11) is 0. The second-order valence-electron chi connectivity index (χ2n) is 6.28. The minimum Gasteiger partial charge on any atom is -0.393 e. The molecule has 1 aromatic heterocycles. The summed E-state index contributed by atoms with van der Waals surface area (Å²) in [5.41, 5.74) is 2.42. The number of carbonyl (C=O) groups is 1. The van der Waals surface area contributed by atoms with Crippen LogP contribution < -0.4 is 5.32 Å². The van der Waals surface area contributed by atoms with E-state index in [4.69, 9.17) is 0 Å². The number of benzene rings is 1. The number of hydrogen-bond donors (Lipinski definition) is 3. The molecule has 4 heteroatoms. The fourth-order valence-electron chi connectivity index (χ4n) is 3.37. The summed E-state index contributed by atoms with van der Waals surface area (Å²) in [5, 5.41) is 14.0. The normalized spacial score (nSPS) is 21.3. The molecule has 0 bridgehead atoms. The van der Waals surface area contributed by atoms with Crippen molar-refractivity contribution < 1.29 is 9.90 Å². The number of H-pyrrole nitrogens is 1. The lowest BCUT2D eigenvalue weighted by Crippen LogP contribution is -2.32. The number of aromatic amines is 1. The lowest BCUT2D eigenvalue weighted by Gasteiger charge is -2.14. The van der Waals surface area contributed by atoms with Gasteiger partial charge in [-0.2, -0.15) is 0 Å². The monoisotopic (exact) mass is 300 g/mol. The Labute approximate surface area is 130 Å². The molecule has 0 saturated heterocycles. The summed E-state index contributed by atoms with van der Waals surface area (Å²) in [5.74, 6) is 0.344. The van der Waals surface area contributed by atoms with Gasteiger partial charge in [0.15, 0.2) is 0 Å². The highest BCUT2D eigenvalue weighted by Gasteiger charge is 2.25. The Kier molecular flexibility index (Phi) is 4.78. The number of para-hydroxylation sites is 1. The quantitative estimate of drug-likeness (QED) is 0.768. The Hall–Kier alpha value is -1.81. The molecule has 1 aromatic carbocycles. The van der Waals surface area contributed by atoms with E-state index < -0.39 is 0 Å². The summed E-state index contributed by atoms with van der Waals surface area (Å²) in [6.07, 6.45) is 7.08. The molecule has 1 fully saturated rings. The molecule has 1 saturated carbocycles. The van der Waals surface area contributed by atoms with Gasteiger partial charge in [-0.05, 0) is 37.3 Å². The number of aryl methyl sites for hydroxylation is 1. The van der Waals surface area contributed by atoms with Crippen molar-refractivity contribution >= 4 is 16.8 Å². The molecule has 1 aliphatic rings. The molecular formula is C18H24N2O2. The maximum atomic E-state index is 11.9. The van der Waals surface area contributed by atoms with Crippen LogP contribution in [0.5, 0.6) is 0 Å².